The number of amides is 1. The van der Waals surface area contributed by atoms with E-state index in [1.807, 2.05) is 52.1 Å². The molecule has 1 aliphatic carbocycles. The number of ether oxygens (including phenoxy) is 2. The van der Waals surface area contributed by atoms with Crippen molar-refractivity contribution >= 4 is 11.7 Å². The first-order valence-corrected chi connectivity index (χ1v) is 11.3. The Labute approximate surface area is 192 Å². The monoisotopic (exact) mass is 445 g/mol. The van der Waals surface area contributed by atoms with Crippen LogP contribution in [0.3, 0.4) is 0 Å². The number of fused-ring (bicyclic) bond motifs is 3. The lowest BCUT2D eigenvalue weighted by molar-refractivity contribution is 0.0318. The highest BCUT2D eigenvalue weighted by atomic mass is 16.5. The molecule has 2 aliphatic rings. The fourth-order valence-corrected chi connectivity index (χ4v) is 4.86. The highest BCUT2D eigenvalue weighted by Crippen LogP contribution is 2.38. The zero-order chi connectivity index (χ0) is 22.8. The number of hydrogen-bond donors (Lipinski definition) is 0. The summed E-state index contributed by atoms with van der Waals surface area (Å²) < 4.78 is 12.7. The average Bonchev–Trinajstić information content (AvgIpc) is 3.45. The van der Waals surface area contributed by atoms with Gasteiger partial charge >= 0.3 is 0 Å². The lowest BCUT2D eigenvalue weighted by atomic mass is 9.94. The highest BCUT2D eigenvalue weighted by molar-refractivity contribution is 6.25. The number of ketones is 1. The fourth-order valence-electron chi connectivity index (χ4n) is 4.86. The smallest absolute Gasteiger partial charge is 0.254 e. The van der Waals surface area contributed by atoms with Gasteiger partial charge in [0.25, 0.3) is 5.91 Å². The van der Waals surface area contributed by atoms with Gasteiger partial charge in [-0.05, 0) is 30.0 Å². The number of imidazole rings is 1. The quantitative estimate of drug-likeness (QED) is 0.405. The van der Waals surface area contributed by atoms with Gasteiger partial charge in [0.05, 0.1) is 18.8 Å². The van der Waals surface area contributed by atoms with Crippen molar-refractivity contribution in [1.82, 2.24) is 14.5 Å². The van der Waals surface area contributed by atoms with Gasteiger partial charge in [-0.3, -0.25) is 9.59 Å². The van der Waals surface area contributed by atoms with E-state index in [1.54, 1.807) is 19.4 Å². The minimum absolute atomic E-state index is 0.0602. The molecule has 0 unspecified atom stereocenters. The molecule has 1 fully saturated rings. The van der Waals surface area contributed by atoms with Crippen molar-refractivity contribution in [2.45, 2.75) is 25.5 Å². The van der Waals surface area contributed by atoms with Gasteiger partial charge in [0.15, 0.2) is 5.78 Å². The number of hydrogen-bond acceptors (Lipinski definition) is 5. The topological polar surface area (TPSA) is 73.7 Å². The van der Waals surface area contributed by atoms with Gasteiger partial charge in [0, 0.05) is 49.6 Å². The summed E-state index contributed by atoms with van der Waals surface area (Å²) in [6, 6.07) is 13.1. The lowest BCUT2D eigenvalue weighted by Crippen LogP contribution is -2.39. The Morgan fingerprint density at radius 2 is 1.79 bits per heavy atom. The summed E-state index contributed by atoms with van der Waals surface area (Å²) in [4.78, 5) is 32.9. The van der Waals surface area contributed by atoms with E-state index in [-0.39, 0.29) is 17.6 Å². The van der Waals surface area contributed by atoms with E-state index >= 15 is 0 Å². The normalized spacial score (nSPS) is 15.5. The number of aromatic nitrogens is 2. The van der Waals surface area contributed by atoms with Crippen LogP contribution in [0.5, 0.6) is 0 Å². The Morgan fingerprint density at radius 1 is 1.03 bits per heavy atom. The van der Waals surface area contributed by atoms with Crippen molar-refractivity contribution in [2.75, 3.05) is 33.4 Å². The maximum Gasteiger partial charge on any atom is 0.254 e. The summed E-state index contributed by atoms with van der Waals surface area (Å²) in [7, 11) is 1.65. The van der Waals surface area contributed by atoms with Crippen molar-refractivity contribution in [2.24, 2.45) is 0 Å². The first-order chi connectivity index (χ1) is 16.2. The Bertz CT molecular complexity index is 1180. The Balaban J connectivity index is 1.28. The van der Waals surface area contributed by atoms with Crippen LogP contribution in [0.1, 0.15) is 50.9 Å². The first kappa shape index (κ1) is 21.6. The Kier molecular flexibility index (Phi) is 6.07. The summed E-state index contributed by atoms with van der Waals surface area (Å²) in [6.45, 7) is 2.79. The molecule has 0 N–H and O–H groups in total. The number of likely N-dealkylation sites (tertiary alicyclic amines) is 1. The standard InChI is InChI=1S/C26H27N3O4/c1-32-15-16-33-17-29-14-11-27-25(29)18-9-12-28(13-10-18)26(31)22-8-4-7-20-19-5-2-3-6-21(19)24(30)23(20)22/h2-8,11,14,18H,9-10,12-13,15-17H2,1H3. The first-order valence-electron chi connectivity index (χ1n) is 11.3. The molecule has 1 saturated heterocycles. The molecule has 7 heteroatoms. The molecule has 0 radical (unpaired) electrons. The largest absolute Gasteiger partial charge is 0.382 e. The third-order valence-electron chi connectivity index (χ3n) is 6.54. The number of piperidine rings is 1. The number of carbonyl (C=O) groups is 2. The molecule has 1 aromatic heterocycles. The molecule has 7 nitrogen and oxygen atoms in total. The molecular weight excluding hydrogens is 418 g/mol. The van der Waals surface area contributed by atoms with Crippen LogP contribution in [0.4, 0.5) is 0 Å². The third-order valence-corrected chi connectivity index (χ3v) is 6.54. The Hall–Kier alpha value is -3.29. The van der Waals surface area contributed by atoms with Crippen LogP contribution in [0, 0.1) is 0 Å². The molecule has 1 amide bonds. The van der Waals surface area contributed by atoms with E-state index in [0.29, 0.717) is 49.7 Å². The van der Waals surface area contributed by atoms with Crippen LogP contribution in [-0.4, -0.2) is 59.6 Å². The van der Waals surface area contributed by atoms with Gasteiger partial charge in [-0.2, -0.15) is 0 Å². The number of rotatable bonds is 7. The van der Waals surface area contributed by atoms with Crippen LogP contribution in [0.2, 0.25) is 0 Å². The molecule has 0 bridgehead atoms. The van der Waals surface area contributed by atoms with E-state index in [4.69, 9.17) is 9.47 Å². The molecule has 2 heterocycles. The summed E-state index contributed by atoms with van der Waals surface area (Å²) in [5.74, 6) is 1.13. The fraction of sp³-hybridized carbons (Fsp3) is 0.346. The minimum Gasteiger partial charge on any atom is -0.382 e. The summed E-state index contributed by atoms with van der Waals surface area (Å²) in [6.07, 6.45) is 5.37. The van der Waals surface area contributed by atoms with Crippen molar-refractivity contribution in [3.63, 3.8) is 0 Å². The molecule has 170 valence electrons. The molecule has 5 rings (SSSR count). The van der Waals surface area contributed by atoms with E-state index in [2.05, 4.69) is 4.98 Å². The molecule has 0 saturated carbocycles. The van der Waals surface area contributed by atoms with Gasteiger partial charge < -0.3 is 18.9 Å². The molecule has 3 aromatic rings. The van der Waals surface area contributed by atoms with Crippen molar-refractivity contribution in [3.8, 4) is 11.1 Å². The molecule has 0 spiro atoms. The summed E-state index contributed by atoms with van der Waals surface area (Å²) in [5.41, 5.74) is 3.47. The second-order valence-corrected chi connectivity index (χ2v) is 8.45. The van der Waals surface area contributed by atoms with E-state index in [1.165, 1.54) is 0 Å². The zero-order valence-electron chi connectivity index (χ0n) is 18.7. The van der Waals surface area contributed by atoms with Crippen LogP contribution >= 0.6 is 0 Å². The van der Waals surface area contributed by atoms with Crippen molar-refractivity contribution < 1.29 is 19.1 Å². The number of methoxy groups -OCH3 is 1. The van der Waals surface area contributed by atoms with E-state index < -0.39 is 0 Å². The second kappa shape index (κ2) is 9.29. The summed E-state index contributed by atoms with van der Waals surface area (Å²) in [5, 5.41) is 0. The van der Waals surface area contributed by atoms with Gasteiger partial charge in [-0.25, -0.2) is 4.98 Å². The van der Waals surface area contributed by atoms with Crippen LogP contribution in [0.15, 0.2) is 54.9 Å². The maximum atomic E-state index is 13.4. The molecule has 33 heavy (non-hydrogen) atoms. The predicted molar refractivity (Wildman–Crippen MR) is 123 cm³/mol. The van der Waals surface area contributed by atoms with Crippen molar-refractivity contribution in [1.29, 1.82) is 0 Å². The number of benzene rings is 2. The van der Waals surface area contributed by atoms with Gasteiger partial charge in [-0.15, -0.1) is 0 Å². The van der Waals surface area contributed by atoms with Gasteiger partial charge in [0.2, 0.25) is 0 Å². The van der Waals surface area contributed by atoms with Crippen molar-refractivity contribution in [3.05, 3.63) is 77.4 Å². The lowest BCUT2D eigenvalue weighted by Gasteiger charge is -2.32. The van der Waals surface area contributed by atoms with E-state index in [0.717, 1.165) is 29.8 Å². The van der Waals surface area contributed by atoms with Gasteiger partial charge in [-0.1, -0.05) is 36.4 Å². The Morgan fingerprint density at radius 3 is 2.58 bits per heavy atom. The SMILES string of the molecule is COCCOCn1ccnc1C1CCN(C(=O)c2cccc3c2C(=O)c2ccccc2-3)CC1. The second-order valence-electron chi connectivity index (χ2n) is 8.45. The van der Waals surface area contributed by atoms with Gasteiger partial charge in [0.1, 0.15) is 12.6 Å². The molecule has 1 aliphatic heterocycles. The van der Waals surface area contributed by atoms with Crippen LogP contribution in [-0.2, 0) is 16.2 Å². The van der Waals surface area contributed by atoms with Crippen LogP contribution < -0.4 is 0 Å². The zero-order valence-corrected chi connectivity index (χ0v) is 18.7. The maximum absolute atomic E-state index is 13.4. The van der Waals surface area contributed by atoms with Crippen LogP contribution in [0.25, 0.3) is 11.1 Å². The summed E-state index contributed by atoms with van der Waals surface area (Å²) >= 11 is 0. The number of carbonyl (C=O) groups excluding carboxylic acids is 2. The number of nitrogens with zero attached hydrogens (tertiary/aromatic N) is 3. The highest BCUT2D eigenvalue weighted by Gasteiger charge is 2.33. The van der Waals surface area contributed by atoms with E-state index in [9.17, 15) is 9.59 Å². The molecule has 2 aromatic carbocycles. The minimum atomic E-state index is -0.0716. The molecule has 0 atom stereocenters. The average molecular weight is 446 g/mol. The molecular formula is C26H27N3O4. The third kappa shape index (κ3) is 3.98. The predicted octanol–water partition coefficient (Wildman–Crippen LogP) is 3.73.